The Kier molecular flexibility index (Phi) is 7.26. The summed E-state index contributed by atoms with van der Waals surface area (Å²) < 4.78 is 37.3. The lowest BCUT2D eigenvalue weighted by molar-refractivity contribution is -0.124. The second kappa shape index (κ2) is 9.69. The lowest BCUT2D eigenvalue weighted by atomic mass is 10.0. The lowest BCUT2D eigenvalue weighted by Crippen LogP contribution is -2.37. The Morgan fingerprint density at radius 2 is 1.86 bits per heavy atom. The summed E-state index contributed by atoms with van der Waals surface area (Å²) in [5.74, 6) is -0.540. The largest absolute Gasteiger partial charge is 0.452 e. The van der Waals surface area contributed by atoms with Crippen molar-refractivity contribution >= 4 is 21.9 Å². The van der Waals surface area contributed by atoms with E-state index in [4.69, 9.17) is 9.47 Å². The van der Waals surface area contributed by atoms with Gasteiger partial charge in [-0.25, -0.2) is 13.2 Å². The predicted molar refractivity (Wildman–Crippen MR) is 106 cm³/mol. The van der Waals surface area contributed by atoms with Gasteiger partial charge >= 0.3 is 5.97 Å². The van der Waals surface area contributed by atoms with Crippen molar-refractivity contribution in [3.8, 4) is 0 Å². The Balaban J connectivity index is 1.49. The zero-order valence-electron chi connectivity index (χ0n) is 16.6. The van der Waals surface area contributed by atoms with Crippen molar-refractivity contribution in [2.45, 2.75) is 43.6 Å². The molecule has 1 atom stereocenters. The van der Waals surface area contributed by atoms with Gasteiger partial charge in [0, 0.05) is 26.2 Å². The molecule has 2 fully saturated rings. The number of carbonyl (C=O) groups is 2. The van der Waals surface area contributed by atoms with Crippen LogP contribution < -0.4 is 5.32 Å². The molecule has 9 heteroatoms. The van der Waals surface area contributed by atoms with Crippen molar-refractivity contribution in [3.05, 3.63) is 29.8 Å². The molecular formula is C20H28N2O6S. The number of hydrogen-bond acceptors (Lipinski definition) is 6. The average Bonchev–Trinajstić information content (AvgIpc) is 3.24. The molecule has 0 unspecified atom stereocenters. The molecule has 2 aliphatic rings. The summed E-state index contributed by atoms with van der Waals surface area (Å²) in [7, 11) is -3.56. The van der Waals surface area contributed by atoms with Gasteiger partial charge in [-0.3, -0.25) is 4.79 Å². The van der Waals surface area contributed by atoms with Crippen LogP contribution in [0.3, 0.4) is 0 Å². The van der Waals surface area contributed by atoms with E-state index < -0.39 is 28.5 Å². The van der Waals surface area contributed by atoms with Crippen molar-refractivity contribution in [3.63, 3.8) is 0 Å². The maximum atomic E-state index is 12.7. The third-order valence-electron chi connectivity index (χ3n) is 5.36. The first-order valence-corrected chi connectivity index (χ1v) is 11.5. The summed E-state index contributed by atoms with van der Waals surface area (Å²) in [6, 6.07) is 5.63. The summed E-state index contributed by atoms with van der Waals surface area (Å²) >= 11 is 0. The fourth-order valence-corrected chi connectivity index (χ4v) is 4.91. The Bertz CT molecular complexity index is 810. The molecule has 0 aromatic heterocycles. The van der Waals surface area contributed by atoms with E-state index >= 15 is 0 Å². The fraction of sp³-hybridized carbons (Fsp3) is 0.600. The quantitative estimate of drug-likeness (QED) is 0.667. The van der Waals surface area contributed by atoms with Crippen LogP contribution in [0.15, 0.2) is 29.2 Å². The van der Waals surface area contributed by atoms with Gasteiger partial charge in [-0.05, 0) is 55.9 Å². The molecule has 0 bridgehead atoms. The molecule has 2 heterocycles. The second-order valence-electron chi connectivity index (χ2n) is 7.63. The zero-order chi connectivity index (χ0) is 20.9. The number of piperidine rings is 1. The van der Waals surface area contributed by atoms with Crippen LogP contribution in [0.5, 0.6) is 0 Å². The number of nitrogens with zero attached hydrogens (tertiary/aromatic N) is 1. The van der Waals surface area contributed by atoms with Crippen molar-refractivity contribution in [2.24, 2.45) is 5.92 Å². The van der Waals surface area contributed by atoms with Crippen LogP contribution in [-0.4, -0.2) is 63.6 Å². The van der Waals surface area contributed by atoms with Crippen molar-refractivity contribution in [1.82, 2.24) is 9.62 Å². The molecule has 0 spiro atoms. The van der Waals surface area contributed by atoms with Crippen molar-refractivity contribution < 1.29 is 27.5 Å². The molecular weight excluding hydrogens is 396 g/mol. The molecule has 8 nitrogen and oxygen atoms in total. The summed E-state index contributed by atoms with van der Waals surface area (Å²) in [5, 5.41) is 2.67. The molecule has 3 rings (SSSR count). The number of rotatable bonds is 7. The highest BCUT2D eigenvalue weighted by Crippen LogP contribution is 2.23. The van der Waals surface area contributed by atoms with Gasteiger partial charge in [-0.1, -0.05) is 6.92 Å². The Morgan fingerprint density at radius 3 is 2.48 bits per heavy atom. The Hall–Kier alpha value is -1.97. The first-order valence-electron chi connectivity index (χ1n) is 10.0. The van der Waals surface area contributed by atoms with Crippen molar-refractivity contribution in [1.29, 1.82) is 0 Å². The average molecular weight is 425 g/mol. The number of amides is 1. The number of benzene rings is 1. The molecule has 160 valence electrons. The number of ether oxygens (including phenoxy) is 2. The summed E-state index contributed by atoms with van der Waals surface area (Å²) in [4.78, 5) is 24.1. The van der Waals surface area contributed by atoms with Crippen LogP contribution in [0.2, 0.25) is 0 Å². The normalized spacial score (nSPS) is 21.1. The number of sulfonamides is 1. The van der Waals surface area contributed by atoms with Crippen LogP contribution >= 0.6 is 0 Å². The Morgan fingerprint density at radius 1 is 1.17 bits per heavy atom. The summed E-state index contributed by atoms with van der Waals surface area (Å²) in [5.41, 5.74) is 0.197. The highest BCUT2D eigenvalue weighted by atomic mass is 32.2. The SMILES string of the molecule is CC1CCN(S(=O)(=O)c2ccc(C(=O)OCC(=O)NC[C@@H]3CCCO3)cc2)CC1. The predicted octanol–water partition coefficient (Wildman–Crippen LogP) is 1.56. The smallest absolute Gasteiger partial charge is 0.338 e. The van der Waals surface area contributed by atoms with Gasteiger partial charge in [0.2, 0.25) is 10.0 Å². The summed E-state index contributed by atoms with van der Waals surface area (Å²) in [6.45, 7) is 3.85. The van der Waals surface area contributed by atoms with Crippen molar-refractivity contribution in [2.75, 3.05) is 32.8 Å². The van der Waals surface area contributed by atoms with Gasteiger partial charge in [0.1, 0.15) is 0 Å². The molecule has 1 aromatic carbocycles. The minimum atomic E-state index is -3.56. The third-order valence-corrected chi connectivity index (χ3v) is 7.27. The maximum absolute atomic E-state index is 12.7. The maximum Gasteiger partial charge on any atom is 0.338 e. The van der Waals surface area contributed by atoms with E-state index in [1.807, 2.05) is 0 Å². The molecule has 2 saturated heterocycles. The van der Waals surface area contributed by atoms with Gasteiger partial charge in [-0.2, -0.15) is 4.31 Å². The van der Waals surface area contributed by atoms with E-state index in [1.165, 1.54) is 28.6 Å². The van der Waals surface area contributed by atoms with Gasteiger partial charge in [-0.15, -0.1) is 0 Å². The standard InChI is InChI=1S/C20H28N2O6S/c1-15-8-10-22(11-9-15)29(25,26)18-6-4-16(5-7-18)20(24)28-14-19(23)21-13-17-3-2-12-27-17/h4-7,15,17H,2-3,8-14H2,1H3,(H,21,23)/t17-/m0/s1. The van der Waals surface area contributed by atoms with E-state index in [0.717, 1.165) is 25.7 Å². The second-order valence-corrected chi connectivity index (χ2v) is 9.56. The first-order chi connectivity index (χ1) is 13.9. The van der Waals surface area contributed by atoms with Crippen LogP contribution in [0, 0.1) is 5.92 Å². The molecule has 0 aliphatic carbocycles. The van der Waals surface area contributed by atoms with E-state index in [1.54, 1.807) is 0 Å². The Labute approximate surface area is 171 Å². The van der Waals surface area contributed by atoms with E-state index in [0.29, 0.717) is 32.2 Å². The highest BCUT2D eigenvalue weighted by Gasteiger charge is 2.28. The molecule has 0 saturated carbocycles. The minimum Gasteiger partial charge on any atom is -0.452 e. The molecule has 2 aliphatic heterocycles. The van der Waals surface area contributed by atoms with Gasteiger partial charge < -0.3 is 14.8 Å². The number of hydrogen-bond donors (Lipinski definition) is 1. The van der Waals surface area contributed by atoms with Crippen LogP contribution in [0.4, 0.5) is 0 Å². The number of carbonyl (C=O) groups excluding carboxylic acids is 2. The highest BCUT2D eigenvalue weighted by molar-refractivity contribution is 7.89. The van der Waals surface area contributed by atoms with Gasteiger partial charge in [0.15, 0.2) is 6.61 Å². The lowest BCUT2D eigenvalue weighted by Gasteiger charge is -2.29. The third kappa shape index (κ3) is 5.77. The zero-order valence-corrected chi connectivity index (χ0v) is 17.4. The molecule has 1 amide bonds. The van der Waals surface area contributed by atoms with E-state index in [2.05, 4.69) is 12.2 Å². The fourth-order valence-electron chi connectivity index (χ4n) is 3.44. The van der Waals surface area contributed by atoms with Gasteiger partial charge in [0.25, 0.3) is 5.91 Å². The molecule has 0 radical (unpaired) electrons. The molecule has 29 heavy (non-hydrogen) atoms. The minimum absolute atomic E-state index is 0.0206. The molecule has 1 N–H and O–H groups in total. The monoisotopic (exact) mass is 424 g/mol. The van der Waals surface area contributed by atoms with E-state index in [9.17, 15) is 18.0 Å². The van der Waals surface area contributed by atoms with E-state index in [-0.39, 0.29) is 16.6 Å². The van der Waals surface area contributed by atoms with Crippen LogP contribution in [0.25, 0.3) is 0 Å². The van der Waals surface area contributed by atoms with Gasteiger partial charge in [0.05, 0.1) is 16.6 Å². The summed E-state index contributed by atoms with van der Waals surface area (Å²) in [6.07, 6.45) is 3.60. The molecule has 1 aromatic rings. The van der Waals surface area contributed by atoms with Crippen LogP contribution in [0.1, 0.15) is 43.0 Å². The number of nitrogens with one attached hydrogen (secondary N) is 1. The van der Waals surface area contributed by atoms with Crippen LogP contribution in [-0.2, 0) is 24.3 Å². The topological polar surface area (TPSA) is 102 Å². The first kappa shape index (κ1) is 21.7. The number of esters is 1.